The normalized spacial score (nSPS) is 17.9. The molecule has 1 aromatic carbocycles. The van der Waals surface area contributed by atoms with Crippen LogP contribution < -0.4 is 0 Å². The summed E-state index contributed by atoms with van der Waals surface area (Å²) >= 11 is 5.21. The quantitative estimate of drug-likeness (QED) is 0.751. The first-order chi connectivity index (χ1) is 8.49. The first-order valence-corrected chi connectivity index (χ1v) is 5.88. The molecule has 0 aliphatic heterocycles. The maximum absolute atomic E-state index is 14.0. The molecule has 0 fully saturated rings. The summed E-state index contributed by atoms with van der Waals surface area (Å²) in [7, 11) is 0. The summed E-state index contributed by atoms with van der Waals surface area (Å²) < 4.78 is 28.0. The monoisotopic (exact) mass is 268 g/mol. The number of rotatable bonds is 3. The Kier molecular flexibility index (Phi) is 3.62. The number of carbonyl (C=O) groups is 1. The number of benzene rings is 1. The molecule has 1 aromatic rings. The Hall–Kier alpha value is -1.48. The molecule has 1 aliphatic rings. The minimum atomic E-state index is -2.96. The second kappa shape index (κ2) is 5.02. The Morgan fingerprint density at radius 3 is 2.44 bits per heavy atom. The second-order valence-electron chi connectivity index (χ2n) is 4.18. The molecule has 0 aromatic heterocycles. The molecule has 0 N–H and O–H groups in total. The molecule has 1 nitrogen and oxygen atoms in total. The van der Waals surface area contributed by atoms with Crippen LogP contribution in [0.15, 0.2) is 48.1 Å². The molecule has 0 unspecified atom stereocenters. The smallest absolute Gasteiger partial charge is 0.277 e. The number of alkyl halides is 2. The standard InChI is InChI=1S/C14H11ClF2O/c15-13(18)8-10-6-7-12(14(16,17)9-10)11-4-2-1-3-5-11/h1-7H,8-9H2. The lowest BCUT2D eigenvalue weighted by Gasteiger charge is -2.24. The van der Waals surface area contributed by atoms with Crippen LogP contribution >= 0.6 is 11.6 Å². The fraction of sp³-hybridized carbons (Fsp3) is 0.214. The maximum atomic E-state index is 14.0. The Labute approximate surface area is 109 Å². The molecule has 2 rings (SSSR count). The zero-order valence-electron chi connectivity index (χ0n) is 9.50. The first kappa shape index (κ1) is 13.0. The molecule has 18 heavy (non-hydrogen) atoms. The van der Waals surface area contributed by atoms with Crippen molar-refractivity contribution in [3.05, 3.63) is 53.6 Å². The summed E-state index contributed by atoms with van der Waals surface area (Å²) in [4.78, 5) is 10.7. The number of allylic oxidation sites excluding steroid dienone is 4. The molecule has 0 atom stereocenters. The van der Waals surface area contributed by atoms with Gasteiger partial charge in [0.2, 0.25) is 5.24 Å². The van der Waals surface area contributed by atoms with E-state index in [1.807, 2.05) is 0 Å². The van der Waals surface area contributed by atoms with Gasteiger partial charge in [0.25, 0.3) is 5.92 Å². The van der Waals surface area contributed by atoms with Gasteiger partial charge in [-0.1, -0.05) is 48.1 Å². The third kappa shape index (κ3) is 2.85. The Bertz CT molecular complexity index is 518. The van der Waals surface area contributed by atoms with E-state index >= 15 is 0 Å². The van der Waals surface area contributed by atoms with Crippen LogP contribution in [0.1, 0.15) is 18.4 Å². The third-order valence-corrected chi connectivity index (χ3v) is 2.91. The van der Waals surface area contributed by atoms with E-state index in [2.05, 4.69) is 0 Å². The lowest BCUT2D eigenvalue weighted by atomic mass is 9.89. The number of halogens is 3. The Balaban J connectivity index is 2.33. The predicted octanol–water partition coefficient (Wildman–Crippen LogP) is 4.19. The topological polar surface area (TPSA) is 17.1 Å². The van der Waals surface area contributed by atoms with Crippen LogP contribution in [0.4, 0.5) is 8.78 Å². The van der Waals surface area contributed by atoms with Crippen molar-refractivity contribution in [1.29, 1.82) is 0 Å². The van der Waals surface area contributed by atoms with E-state index in [9.17, 15) is 13.6 Å². The summed E-state index contributed by atoms with van der Waals surface area (Å²) in [5, 5.41) is -0.617. The Morgan fingerprint density at radius 1 is 1.22 bits per heavy atom. The molecule has 0 saturated carbocycles. The molecule has 0 radical (unpaired) electrons. The number of hydrogen-bond donors (Lipinski definition) is 0. The van der Waals surface area contributed by atoms with Gasteiger partial charge in [0, 0.05) is 18.4 Å². The minimum absolute atomic E-state index is 0.0196. The van der Waals surface area contributed by atoms with Gasteiger partial charge in [-0.05, 0) is 17.2 Å². The SMILES string of the molecule is O=C(Cl)CC1=CC=C(c2ccccc2)C(F)(F)C1. The molecule has 94 valence electrons. The fourth-order valence-corrected chi connectivity index (χ4v) is 2.16. The van der Waals surface area contributed by atoms with Gasteiger partial charge in [0.05, 0.1) is 0 Å². The van der Waals surface area contributed by atoms with Crippen LogP contribution in [-0.4, -0.2) is 11.2 Å². The number of carbonyl (C=O) groups excluding carboxylic acids is 1. The zero-order chi connectivity index (χ0) is 13.2. The average molecular weight is 269 g/mol. The van der Waals surface area contributed by atoms with Gasteiger partial charge in [-0.25, -0.2) is 8.78 Å². The van der Waals surface area contributed by atoms with E-state index in [0.29, 0.717) is 11.1 Å². The second-order valence-corrected chi connectivity index (χ2v) is 4.61. The van der Waals surface area contributed by atoms with E-state index in [-0.39, 0.29) is 12.0 Å². The van der Waals surface area contributed by atoms with Gasteiger partial charge < -0.3 is 0 Å². The predicted molar refractivity (Wildman–Crippen MR) is 67.5 cm³/mol. The fourth-order valence-electron chi connectivity index (χ4n) is 1.99. The van der Waals surface area contributed by atoms with Crippen molar-refractivity contribution in [3.8, 4) is 0 Å². The van der Waals surface area contributed by atoms with Crippen molar-refractivity contribution in [1.82, 2.24) is 0 Å². The molecule has 1 aliphatic carbocycles. The van der Waals surface area contributed by atoms with Gasteiger partial charge >= 0.3 is 0 Å². The molecular weight excluding hydrogens is 258 g/mol. The molecule has 0 bridgehead atoms. The summed E-state index contributed by atoms with van der Waals surface area (Å²) in [6.07, 6.45) is 2.34. The summed E-state index contributed by atoms with van der Waals surface area (Å²) in [6.45, 7) is 0. The minimum Gasteiger partial charge on any atom is -0.281 e. The van der Waals surface area contributed by atoms with Gasteiger partial charge in [0.1, 0.15) is 0 Å². The summed E-state index contributed by atoms with van der Waals surface area (Å²) in [5.74, 6) is -2.96. The number of hydrogen-bond acceptors (Lipinski definition) is 1. The van der Waals surface area contributed by atoms with E-state index in [1.165, 1.54) is 6.08 Å². The highest BCUT2D eigenvalue weighted by Gasteiger charge is 2.37. The molecular formula is C14H11ClF2O. The van der Waals surface area contributed by atoms with E-state index < -0.39 is 17.6 Å². The van der Waals surface area contributed by atoms with Gasteiger partial charge in [-0.15, -0.1) is 0 Å². The average Bonchev–Trinajstić information content (AvgIpc) is 2.28. The van der Waals surface area contributed by atoms with Crippen molar-refractivity contribution < 1.29 is 13.6 Å². The molecule has 0 amide bonds. The first-order valence-electron chi connectivity index (χ1n) is 5.51. The van der Waals surface area contributed by atoms with Crippen LogP contribution in [0.2, 0.25) is 0 Å². The van der Waals surface area contributed by atoms with Crippen LogP contribution in [0.5, 0.6) is 0 Å². The molecule has 0 saturated heterocycles. The summed E-state index contributed by atoms with van der Waals surface area (Å²) in [6, 6.07) is 8.50. The van der Waals surface area contributed by atoms with Crippen molar-refractivity contribution in [2.45, 2.75) is 18.8 Å². The van der Waals surface area contributed by atoms with E-state index in [4.69, 9.17) is 11.6 Å². The zero-order valence-corrected chi connectivity index (χ0v) is 10.3. The van der Waals surface area contributed by atoms with Crippen molar-refractivity contribution in [2.75, 3.05) is 0 Å². The van der Waals surface area contributed by atoms with Crippen LogP contribution in [-0.2, 0) is 4.79 Å². The molecule has 4 heteroatoms. The van der Waals surface area contributed by atoms with Gasteiger partial charge in [0.15, 0.2) is 0 Å². The van der Waals surface area contributed by atoms with Gasteiger partial charge in [-0.2, -0.15) is 0 Å². The third-order valence-electron chi connectivity index (χ3n) is 2.78. The highest BCUT2D eigenvalue weighted by Crippen LogP contribution is 2.41. The van der Waals surface area contributed by atoms with E-state index in [1.54, 1.807) is 36.4 Å². The van der Waals surface area contributed by atoms with Crippen molar-refractivity contribution >= 4 is 22.4 Å². The lowest BCUT2D eigenvalue weighted by Crippen LogP contribution is -2.22. The van der Waals surface area contributed by atoms with Gasteiger partial charge in [-0.3, -0.25) is 4.79 Å². The maximum Gasteiger partial charge on any atom is 0.277 e. The van der Waals surface area contributed by atoms with Crippen molar-refractivity contribution in [2.24, 2.45) is 0 Å². The molecule has 0 spiro atoms. The van der Waals surface area contributed by atoms with Crippen molar-refractivity contribution in [3.63, 3.8) is 0 Å². The Morgan fingerprint density at radius 2 is 1.89 bits per heavy atom. The van der Waals surface area contributed by atoms with E-state index in [0.717, 1.165) is 0 Å². The van der Waals surface area contributed by atoms with Crippen LogP contribution in [0.25, 0.3) is 5.57 Å². The highest BCUT2D eigenvalue weighted by atomic mass is 35.5. The van der Waals surface area contributed by atoms with Crippen LogP contribution in [0.3, 0.4) is 0 Å². The lowest BCUT2D eigenvalue weighted by molar-refractivity contribution is -0.111. The highest BCUT2D eigenvalue weighted by molar-refractivity contribution is 6.63. The largest absolute Gasteiger partial charge is 0.281 e. The molecule has 0 heterocycles. The summed E-state index contributed by atoms with van der Waals surface area (Å²) in [5.41, 5.74) is 0.837. The van der Waals surface area contributed by atoms with Crippen LogP contribution in [0, 0.1) is 0 Å².